The van der Waals surface area contributed by atoms with Gasteiger partial charge in [0.05, 0.1) is 36.4 Å². The number of carbonyl (C=O) groups excluding carboxylic acids is 1. The van der Waals surface area contributed by atoms with E-state index in [2.05, 4.69) is 31.6 Å². The summed E-state index contributed by atoms with van der Waals surface area (Å²) >= 11 is 3.39. The smallest absolute Gasteiger partial charge is 0.291 e. The van der Waals surface area contributed by atoms with E-state index in [0.717, 1.165) is 5.56 Å². The number of non-ortho nitro benzene ring substituents is 1. The molecule has 160 valence electrons. The second kappa shape index (κ2) is 9.85. The Morgan fingerprint density at radius 3 is 2.58 bits per heavy atom. The number of methoxy groups -OCH3 is 2. The van der Waals surface area contributed by atoms with Crippen molar-refractivity contribution in [2.75, 3.05) is 14.2 Å². The van der Waals surface area contributed by atoms with Crippen molar-refractivity contribution in [1.29, 1.82) is 0 Å². The molecule has 0 bridgehead atoms. The number of benzene rings is 2. The molecule has 11 heteroatoms. The monoisotopic (exact) mass is 487 g/mol. The van der Waals surface area contributed by atoms with Gasteiger partial charge in [-0.2, -0.15) is 10.2 Å². The maximum atomic E-state index is 12.3. The molecule has 2 aromatic carbocycles. The average molecular weight is 488 g/mol. The number of hydrogen-bond donors (Lipinski definition) is 1. The number of ether oxygens (including phenoxy) is 2. The van der Waals surface area contributed by atoms with Gasteiger partial charge in [0.1, 0.15) is 11.5 Å². The zero-order valence-electron chi connectivity index (χ0n) is 16.6. The number of rotatable bonds is 8. The van der Waals surface area contributed by atoms with Gasteiger partial charge in [0.25, 0.3) is 11.6 Å². The van der Waals surface area contributed by atoms with Crippen LogP contribution in [0.15, 0.2) is 58.2 Å². The van der Waals surface area contributed by atoms with Crippen LogP contribution in [0.5, 0.6) is 11.5 Å². The van der Waals surface area contributed by atoms with Gasteiger partial charge in [-0.1, -0.05) is 12.1 Å². The maximum absolute atomic E-state index is 12.3. The lowest BCUT2D eigenvalue weighted by Gasteiger charge is -2.09. The van der Waals surface area contributed by atoms with E-state index in [1.807, 2.05) is 0 Å². The Hall–Kier alpha value is -3.73. The summed E-state index contributed by atoms with van der Waals surface area (Å²) in [7, 11) is 3.07. The summed E-state index contributed by atoms with van der Waals surface area (Å²) in [6, 6.07) is 11.1. The highest BCUT2D eigenvalue weighted by molar-refractivity contribution is 9.10. The molecule has 0 aliphatic carbocycles. The molecule has 0 aliphatic rings. The number of halogens is 1. The molecule has 3 aromatic rings. The highest BCUT2D eigenvalue weighted by Gasteiger charge is 2.11. The van der Waals surface area contributed by atoms with Crippen LogP contribution in [0.2, 0.25) is 0 Å². The highest BCUT2D eigenvalue weighted by atomic mass is 79.9. The van der Waals surface area contributed by atoms with E-state index >= 15 is 0 Å². The summed E-state index contributed by atoms with van der Waals surface area (Å²) in [5.74, 6) is 0.660. The van der Waals surface area contributed by atoms with Crippen LogP contribution in [0.1, 0.15) is 21.6 Å². The standard InChI is InChI=1S/C20H18BrN5O5/c1-30-18-10-19(31-2)16(21)9-14(18)11-22-23-20(27)17-7-8-25(24-17)12-13-3-5-15(6-4-13)26(28)29/h3-11H,12H2,1-2H3,(H,23,27)/b22-11-. The Morgan fingerprint density at radius 1 is 1.23 bits per heavy atom. The van der Waals surface area contributed by atoms with Gasteiger partial charge < -0.3 is 9.47 Å². The Bertz CT molecular complexity index is 1130. The van der Waals surface area contributed by atoms with Crippen LogP contribution in [0.25, 0.3) is 0 Å². The minimum Gasteiger partial charge on any atom is -0.496 e. The van der Waals surface area contributed by atoms with E-state index in [1.165, 1.54) is 25.5 Å². The normalized spacial score (nSPS) is 10.8. The van der Waals surface area contributed by atoms with Crippen LogP contribution >= 0.6 is 15.9 Å². The average Bonchev–Trinajstić information content (AvgIpc) is 3.23. The lowest BCUT2D eigenvalue weighted by molar-refractivity contribution is -0.384. The molecule has 1 amide bonds. The number of aromatic nitrogens is 2. The number of carbonyl (C=O) groups is 1. The van der Waals surface area contributed by atoms with E-state index in [1.54, 1.807) is 48.3 Å². The molecule has 0 unspecified atom stereocenters. The Labute approximate surface area is 185 Å². The van der Waals surface area contributed by atoms with Crippen LogP contribution in [-0.2, 0) is 6.54 Å². The summed E-state index contributed by atoms with van der Waals surface area (Å²) in [4.78, 5) is 22.6. The molecular weight excluding hydrogens is 470 g/mol. The van der Waals surface area contributed by atoms with Gasteiger partial charge in [-0.25, -0.2) is 5.43 Å². The summed E-state index contributed by atoms with van der Waals surface area (Å²) in [6.45, 7) is 0.367. The number of nitro benzene ring substituents is 1. The van der Waals surface area contributed by atoms with Crippen LogP contribution in [0.3, 0.4) is 0 Å². The number of hydrogen-bond acceptors (Lipinski definition) is 7. The van der Waals surface area contributed by atoms with Gasteiger partial charge in [0.15, 0.2) is 5.69 Å². The van der Waals surface area contributed by atoms with Crippen molar-refractivity contribution in [3.63, 3.8) is 0 Å². The van der Waals surface area contributed by atoms with Crippen molar-refractivity contribution in [2.24, 2.45) is 5.10 Å². The first-order chi connectivity index (χ1) is 14.9. The van der Waals surface area contributed by atoms with E-state index in [9.17, 15) is 14.9 Å². The van der Waals surface area contributed by atoms with Gasteiger partial charge in [-0.15, -0.1) is 0 Å². The summed E-state index contributed by atoms with van der Waals surface area (Å²) < 4.78 is 12.8. The lowest BCUT2D eigenvalue weighted by Crippen LogP contribution is -2.18. The molecule has 0 aliphatic heterocycles. The Kier molecular flexibility index (Phi) is 6.98. The number of nitrogens with one attached hydrogen (secondary N) is 1. The summed E-state index contributed by atoms with van der Waals surface area (Å²) in [6.07, 6.45) is 3.10. The molecule has 0 fully saturated rings. The molecule has 1 aromatic heterocycles. The predicted octanol–water partition coefficient (Wildman–Crippen LogP) is 3.38. The third-order valence-electron chi connectivity index (χ3n) is 4.24. The topological polar surface area (TPSA) is 121 Å². The molecule has 0 saturated heterocycles. The second-order valence-electron chi connectivity index (χ2n) is 6.25. The second-order valence-corrected chi connectivity index (χ2v) is 7.10. The van der Waals surface area contributed by atoms with Gasteiger partial charge >= 0.3 is 0 Å². The van der Waals surface area contributed by atoms with Crippen molar-refractivity contribution in [3.8, 4) is 11.5 Å². The maximum Gasteiger partial charge on any atom is 0.291 e. The molecule has 0 saturated carbocycles. The van der Waals surface area contributed by atoms with Crippen LogP contribution in [0, 0.1) is 10.1 Å². The number of nitro groups is 1. The van der Waals surface area contributed by atoms with E-state index in [-0.39, 0.29) is 11.4 Å². The minimum atomic E-state index is -0.481. The number of amides is 1. The zero-order valence-corrected chi connectivity index (χ0v) is 18.2. The van der Waals surface area contributed by atoms with Crippen molar-refractivity contribution < 1.29 is 19.2 Å². The van der Waals surface area contributed by atoms with Crippen LogP contribution < -0.4 is 14.9 Å². The molecule has 3 rings (SSSR count). The molecule has 0 spiro atoms. The predicted molar refractivity (Wildman–Crippen MR) is 117 cm³/mol. The Balaban J connectivity index is 1.63. The molecule has 31 heavy (non-hydrogen) atoms. The molecule has 1 N–H and O–H groups in total. The van der Waals surface area contributed by atoms with E-state index in [0.29, 0.717) is 28.1 Å². The first-order valence-electron chi connectivity index (χ1n) is 8.93. The van der Waals surface area contributed by atoms with Gasteiger partial charge in [0, 0.05) is 30.0 Å². The SMILES string of the molecule is COc1cc(OC)c(/C=N\NC(=O)c2ccn(Cc3ccc([N+](=O)[O-])cc3)n2)cc1Br. The van der Waals surface area contributed by atoms with E-state index in [4.69, 9.17) is 9.47 Å². The van der Waals surface area contributed by atoms with E-state index < -0.39 is 10.8 Å². The Morgan fingerprint density at radius 2 is 1.94 bits per heavy atom. The van der Waals surface area contributed by atoms with Gasteiger partial charge in [0.2, 0.25) is 0 Å². The van der Waals surface area contributed by atoms with Crippen LogP contribution in [0.4, 0.5) is 5.69 Å². The first kappa shape index (κ1) is 22.0. The van der Waals surface area contributed by atoms with Crippen molar-refractivity contribution in [2.45, 2.75) is 6.54 Å². The third-order valence-corrected chi connectivity index (χ3v) is 4.86. The minimum absolute atomic E-state index is 0.0164. The quantitative estimate of drug-likeness (QED) is 0.295. The summed E-state index contributed by atoms with van der Waals surface area (Å²) in [5, 5.41) is 18.9. The fourth-order valence-corrected chi connectivity index (χ4v) is 3.21. The fourth-order valence-electron chi connectivity index (χ4n) is 2.68. The lowest BCUT2D eigenvalue weighted by atomic mass is 10.2. The van der Waals surface area contributed by atoms with Gasteiger partial charge in [-0.05, 0) is 33.6 Å². The largest absolute Gasteiger partial charge is 0.496 e. The molecule has 0 atom stereocenters. The first-order valence-corrected chi connectivity index (χ1v) is 9.72. The van der Waals surface area contributed by atoms with Crippen LogP contribution in [-0.4, -0.2) is 41.0 Å². The molecular formula is C20H18BrN5O5. The molecule has 1 heterocycles. The molecule has 0 radical (unpaired) electrons. The zero-order chi connectivity index (χ0) is 22.4. The molecule has 10 nitrogen and oxygen atoms in total. The third kappa shape index (κ3) is 5.45. The van der Waals surface area contributed by atoms with Gasteiger partial charge in [-0.3, -0.25) is 19.6 Å². The number of hydrazone groups is 1. The van der Waals surface area contributed by atoms with Crippen molar-refractivity contribution in [3.05, 3.63) is 80.1 Å². The van der Waals surface area contributed by atoms with Crippen molar-refractivity contribution >= 4 is 33.7 Å². The number of nitrogens with zero attached hydrogens (tertiary/aromatic N) is 4. The highest BCUT2D eigenvalue weighted by Crippen LogP contribution is 2.31. The summed E-state index contributed by atoms with van der Waals surface area (Å²) in [5.41, 5.74) is 4.07. The fraction of sp³-hybridized carbons (Fsp3) is 0.150. The van der Waals surface area contributed by atoms with Crippen molar-refractivity contribution in [1.82, 2.24) is 15.2 Å².